The van der Waals surface area contributed by atoms with E-state index in [0.29, 0.717) is 34.4 Å². The van der Waals surface area contributed by atoms with E-state index in [2.05, 4.69) is 11.2 Å². The van der Waals surface area contributed by atoms with E-state index in [1.165, 1.54) is 7.05 Å². The van der Waals surface area contributed by atoms with Gasteiger partial charge in [0, 0.05) is 48.1 Å². The molecule has 0 saturated carbocycles. The van der Waals surface area contributed by atoms with E-state index in [4.69, 9.17) is 39.3 Å². The SMILES string of the molecule is C#CCOc1ccc(C[C@H](NC(=O)[C@H](CC)N(C)C(=O)O)C(=O)N2CC(C)(C)c3ncc(Cc4ccc(Cl)cc4Cl)cc32)cc1. The predicted molar refractivity (Wildman–Crippen MR) is 175 cm³/mol. The smallest absolute Gasteiger partial charge is 0.407 e. The molecule has 45 heavy (non-hydrogen) atoms. The molecule has 236 valence electrons. The number of nitrogens with zero attached hydrogens (tertiary/aromatic N) is 3. The summed E-state index contributed by atoms with van der Waals surface area (Å²) in [6.45, 7) is 6.21. The molecule has 2 atom stereocenters. The lowest BCUT2D eigenvalue weighted by Crippen LogP contribution is -2.55. The molecule has 0 unspecified atom stereocenters. The van der Waals surface area contributed by atoms with Crippen LogP contribution in [0.1, 0.15) is 49.6 Å². The minimum atomic E-state index is -1.24. The van der Waals surface area contributed by atoms with Crippen molar-refractivity contribution >= 4 is 46.8 Å². The van der Waals surface area contributed by atoms with E-state index < -0.39 is 29.5 Å². The molecule has 0 radical (unpaired) electrons. The van der Waals surface area contributed by atoms with Gasteiger partial charge in [0.25, 0.3) is 0 Å². The maximum absolute atomic E-state index is 14.4. The topological polar surface area (TPSA) is 112 Å². The lowest BCUT2D eigenvalue weighted by atomic mass is 9.91. The lowest BCUT2D eigenvalue weighted by Gasteiger charge is -2.29. The number of carbonyl (C=O) groups is 3. The minimum Gasteiger partial charge on any atom is -0.481 e. The molecule has 0 aliphatic carbocycles. The molecule has 2 aromatic carbocycles. The molecule has 4 rings (SSSR count). The van der Waals surface area contributed by atoms with Gasteiger partial charge in [-0.2, -0.15) is 0 Å². The zero-order valence-electron chi connectivity index (χ0n) is 25.6. The van der Waals surface area contributed by atoms with Crippen LogP contribution in [0.3, 0.4) is 0 Å². The Balaban J connectivity index is 1.67. The normalized spacial score (nSPS) is 14.6. The molecule has 0 bridgehead atoms. The molecule has 0 fully saturated rings. The van der Waals surface area contributed by atoms with Crippen molar-refractivity contribution in [2.45, 2.75) is 57.5 Å². The number of benzene rings is 2. The minimum absolute atomic E-state index is 0.121. The Morgan fingerprint density at radius 1 is 1.16 bits per heavy atom. The molecule has 2 heterocycles. The highest BCUT2D eigenvalue weighted by Crippen LogP contribution is 2.40. The van der Waals surface area contributed by atoms with Gasteiger partial charge in [0.05, 0.1) is 11.4 Å². The molecule has 11 heteroatoms. The van der Waals surface area contributed by atoms with Gasteiger partial charge in [-0.1, -0.05) is 68.1 Å². The molecule has 2 N–H and O–H groups in total. The zero-order chi connectivity index (χ0) is 32.9. The average Bonchev–Trinajstić information content (AvgIpc) is 3.27. The van der Waals surface area contributed by atoms with E-state index in [1.54, 1.807) is 54.4 Å². The van der Waals surface area contributed by atoms with Crippen molar-refractivity contribution in [3.8, 4) is 18.1 Å². The number of likely N-dealkylation sites (N-methyl/N-ethyl adjacent to an activating group) is 1. The Morgan fingerprint density at radius 3 is 2.49 bits per heavy atom. The largest absolute Gasteiger partial charge is 0.481 e. The van der Waals surface area contributed by atoms with Crippen molar-refractivity contribution in [1.82, 2.24) is 15.2 Å². The zero-order valence-corrected chi connectivity index (χ0v) is 27.2. The number of rotatable bonds is 11. The van der Waals surface area contributed by atoms with Crippen molar-refractivity contribution in [1.29, 1.82) is 0 Å². The van der Waals surface area contributed by atoms with Gasteiger partial charge in [-0.05, 0) is 53.4 Å². The molecular weight excluding hydrogens is 615 g/mol. The first-order chi connectivity index (χ1) is 21.3. The van der Waals surface area contributed by atoms with Crippen LogP contribution in [0.5, 0.6) is 5.75 Å². The Labute approximate surface area is 273 Å². The molecule has 1 aromatic heterocycles. The van der Waals surface area contributed by atoms with Gasteiger partial charge in [-0.15, -0.1) is 6.42 Å². The predicted octanol–water partition coefficient (Wildman–Crippen LogP) is 5.73. The van der Waals surface area contributed by atoms with Gasteiger partial charge in [0.15, 0.2) is 0 Å². The van der Waals surface area contributed by atoms with Gasteiger partial charge in [-0.25, -0.2) is 4.79 Å². The Morgan fingerprint density at radius 2 is 1.87 bits per heavy atom. The number of aromatic nitrogens is 1. The maximum atomic E-state index is 14.4. The van der Waals surface area contributed by atoms with Crippen LogP contribution in [0.15, 0.2) is 54.7 Å². The highest BCUT2D eigenvalue weighted by atomic mass is 35.5. The molecule has 1 aliphatic rings. The Hall–Kier alpha value is -4.26. The number of terminal acetylenes is 1. The summed E-state index contributed by atoms with van der Waals surface area (Å²) in [4.78, 5) is 46.9. The third kappa shape index (κ3) is 7.88. The second-order valence-electron chi connectivity index (χ2n) is 11.7. The first-order valence-corrected chi connectivity index (χ1v) is 15.3. The van der Waals surface area contributed by atoms with Crippen molar-refractivity contribution in [2.75, 3.05) is 25.1 Å². The fourth-order valence-corrected chi connectivity index (χ4v) is 5.94. The van der Waals surface area contributed by atoms with Gasteiger partial charge in [-0.3, -0.25) is 19.5 Å². The number of ether oxygens (including phenoxy) is 1. The number of nitrogens with one attached hydrogen (secondary N) is 1. The number of pyridine rings is 1. The van der Waals surface area contributed by atoms with E-state index in [1.807, 2.05) is 26.0 Å². The summed E-state index contributed by atoms with van der Waals surface area (Å²) in [6.07, 6.45) is 6.71. The molecule has 0 saturated heterocycles. The van der Waals surface area contributed by atoms with Crippen LogP contribution < -0.4 is 15.0 Å². The fourth-order valence-electron chi connectivity index (χ4n) is 5.46. The Kier molecular flexibility index (Phi) is 10.6. The van der Waals surface area contributed by atoms with Crippen LogP contribution in [0.2, 0.25) is 10.0 Å². The second-order valence-corrected chi connectivity index (χ2v) is 12.5. The standard InChI is InChI=1S/C34H36Cl2N4O5/c1-6-14-45-25-12-8-21(9-13-25)16-27(38-31(41)28(7-2)39(5)33(43)44)32(42)40-20-34(3,4)30-29(40)17-22(19-37-30)15-23-10-11-24(35)18-26(23)36/h1,8-13,17-19,27-28H,7,14-16,20H2,2-5H3,(H,38,41)(H,43,44)/t27-,28-/m0/s1. The number of anilines is 1. The van der Waals surface area contributed by atoms with E-state index >= 15 is 0 Å². The van der Waals surface area contributed by atoms with Crippen molar-refractivity contribution in [3.05, 3.63) is 87.2 Å². The second kappa shape index (κ2) is 14.2. The summed E-state index contributed by atoms with van der Waals surface area (Å²) >= 11 is 12.5. The van der Waals surface area contributed by atoms with Gasteiger partial charge in [0.1, 0.15) is 24.4 Å². The quantitative estimate of drug-likeness (QED) is 0.256. The summed E-state index contributed by atoms with van der Waals surface area (Å²) in [5, 5.41) is 13.5. The van der Waals surface area contributed by atoms with Crippen molar-refractivity contribution in [2.24, 2.45) is 0 Å². The first-order valence-electron chi connectivity index (χ1n) is 14.5. The third-order valence-electron chi connectivity index (χ3n) is 7.84. The van der Waals surface area contributed by atoms with Crippen LogP contribution in [0, 0.1) is 12.3 Å². The molecular formula is C34H36Cl2N4O5. The number of hydrogen-bond acceptors (Lipinski definition) is 5. The van der Waals surface area contributed by atoms with E-state index in [9.17, 15) is 19.5 Å². The molecule has 1 aliphatic heterocycles. The molecule has 3 aromatic rings. The highest BCUT2D eigenvalue weighted by molar-refractivity contribution is 6.35. The molecule has 9 nitrogen and oxygen atoms in total. The summed E-state index contributed by atoms with van der Waals surface area (Å²) < 4.78 is 5.47. The van der Waals surface area contributed by atoms with Gasteiger partial charge < -0.3 is 20.1 Å². The third-order valence-corrected chi connectivity index (χ3v) is 8.43. The van der Waals surface area contributed by atoms with Gasteiger partial charge in [0.2, 0.25) is 11.8 Å². The number of fused-ring (bicyclic) bond motifs is 1. The number of carbonyl (C=O) groups excluding carboxylic acids is 2. The van der Waals surface area contributed by atoms with Crippen LogP contribution in [-0.4, -0.2) is 65.2 Å². The molecule has 0 spiro atoms. The van der Waals surface area contributed by atoms with Crippen molar-refractivity contribution in [3.63, 3.8) is 0 Å². The fraction of sp³-hybridized carbons (Fsp3) is 0.353. The highest BCUT2D eigenvalue weighted by Gasteiger charge is 2.42. The molecule has 3 amide bonds. The average molecular weight is 652 g/mol. The summed E-state index contributed by atoms with van der Waals surface area (Å²) in [5.74, 6) is 2.10. The van der Waals surface area contributed by atoms with Crippen molar-refractivity contribution < 1.29 is 24.2 Å². The maximum Gasteiger partial charge on any atom is 0.407 e. The van der Waals surface area contributed by atoms with Crippen LogP contribution >= 0.6 is 23.2 Å². The van der Waals surface area contributed by atoms with Crippen LogP contribution in [0.25, 0.3) is 0 Å². The summed E-state index contributed by atoms with van der Waals surface area (Å²) in [5.41, 5.74) is 3.45. The summed E-state index contributed by atoms with van der Waals surface area (Å²) in [6, 6.07) is 12.4. The van der Waals surface area contributed by atoms with Crippen LogP contribution in [0.4, 0.5) is 10.5 Å². The van der Waals surface area contributed by atoms with Gasteiger partial charge >= 0.3 is 6.09 Å². The summed E-state index contributed by atoms with van der Waals surface area (Å²) in [7, 11) is 1.33. The number of halogens is 2. The van der Waals surface area contributed by atoms with E-state index in [0.717, 1.165) is 27.3 Å². The number of hydrogen-bond donors (Lipinski definition) is 2. The lowest BCUT2D eigenvalue weighted by molar-refractivity contribution is -0.130. The number of amides is 3. The van der Waals surface area contributed by atoms with Crippen LogP contribution in [-0.2, 0) is 27.8 Å². The first kappa shape index (κ1) is 33.6. The monoisotopic (exact) mass is 650 g/mol. The van der Waals surface area contributed by atoms with E-state index in [-0.39, 0.29) is 25.4 Å². The number of carboxylic acid groups (broad SMARTS) is 1. The Bertz CT molecular complexity index is 1620.